The van der Waals surface area contributed by atoms with Gasteiger partial charge < -0.3 is 0 Å². The van der Waals surface area contributed by atoms with E-state index in [1.54, 1.807) is 0 Å². The lowest BCUT2D eigenvalue weighted by Crippen LogP contribution is -2.00. The molecule has 0 spiro atoms. The molecule has 0 saturated carbocycles. The first kappa shape index (κ1) is 8.60. The number of nitrogens with zero attached hydrogens (tertiary/aromatic N) is 2. The zero-order valence-electron chi connectivity index (χ0n) is 7.41. The van der Waals surface area contributed by atoms with Gasteiger partial charge in [0.2, 0.25) is 0 Å². The Morgan fingerprint density at radius 2 is 1.93 bits per heavy atom. The fourth-order valence-corrected chi connectivity index (χ4v) is 2.01. The molecule has 0 aliphatic rings. The number of H-pyrrole nitrogens is 2. The molecule has 0 atom stereocenters. The summed E-state index contributed by atoms with van der Waals surface area (Å²) >= 11 is 3.38. The largest absolute Gasteiger partial charge is 0.295 e. The summed E-state index contributed by atoms with van der Waals surface area (Å²) in [6.07, 6.45) is 0. The fourth-order valence-electron chi connectivity index (χ4n) is 1.56. The van der Waals surface area contributed by atoms with E-state index in [2.05, 4.69) is 36.3 Å². The minimum absolute atomic E-state index is 0.251. The average Bonchev–Trinajstić information content (AvgIpc) is 2.61. The number of hydrogen-bond acceptors (Lipinski definition) is 3. The number of rotatable bonds is 0. The van der Waals surface area contributed by atoms with Gasteiger partial charge in [-0.05, 0) is 22.0 Å². The standard InChI is InChI=1S/C9H5BrN4O/c10-5-3-1-2-4-6(5)11-13-8-7(4)12-14-9(8)15/h1-3H,(H2,12,14,15). The quantitative estimate of drug-likeness (QED) is 0.647. The molecule has 74 valence electrons. The van der Waals surface area contributed by atoms with Crippen molar-refractivity contribution in [2.75, 3.05) is 0 Å². The lowest BCUT2D eigenvalue weighted by atomic mass is 10.2. The molecule has 1 aromatic carbocycles. The van der Waals surface area contributed by atoms with Crippen molar-refractivity contribution in [3.05, 3.63) is 33.0 Å². The van der Waals surface area contributed by atoms with Gasteiger partial charge in [0.1, 0.15) is 5.52 Å². The number of halogens is 1. The van der Waals surface area contributed by atoms with Gasteiger partial charge in [-0.15, -0.1) is 10.2 Å². The molecule has 5 nitrogen and oxygen atoms in total. The number of fused-ring (bicyclic) bond motifs is 3. The second kappa shape index (κ2) is 2.90. The van der Waals surface area contributed by atoms with Crippen LogP contribution in [0.3, 0.4) is 0 Å². The summed E-state index contributed by atoms with van der Waals surface area (Å²) in [4.78, 5) is 11.3. The van der Waals surface area contributed by atoms with Crippen LogP contribution in [-0.4, -0.2) is 20.4 Å². The zero-order valence-corrected chi connectivity index (χ0v) is 9.00. The topological polar surface area (TPSA) is 74.4 Å². The smallest absolute Gasteiger partial charge is 0.292 e. The summed E-state index contributed by atoms with van der Waals surface area (Å²) in [5, 5.41) is 14.0. The summed E-state index contributed by atoms with van der Waals surface area (Å²) in [5.74, 6) is 0. The van der Waals surface area contributed by atoms with Crippen molar-refractivity contribution in [1.29, 1.82) is 0 Å². The highest BCUT2D eigenvalue weighted by atomic mass is 79.9. The summed E-state index contributed by atoms with van der Waals surface area (Å²) in [6, 6.07) is 5.66. The Bertz CT molecular complexity index is 715. The van der Waals surface area contributed by atoms with Crippen molar-refractivity contribution in [3.8, 4) is 0 Å². The Balaban J connectivity index is 2.66. The van der Waals surface area contributed by atoms with Crippen LogP contribution in [0.1, 0.15) is 0 Å². The van der Waals surface area contributed by atoms with Crippen molar-refractivity contribution in [3.63, 3.8) is 0 Å². The highest BCUT2D eigenvalue weighted by Crippen LogP contribution is 2.24. The van der Waals surface area contributed by atoms with Gasteiger partial charge >= 0.3 is 0 Å². The van der Waals surface area contributed by atoms with E-state index in [1.165, 1.54) is 0 Å². The number of hydrogen-bond donors (Lipinski definition) is 2. The normalized spacial score (nSPS) is 11.3. The maximum atomic E-state index is 11.3. The molecule has 0 fully saturated rings. The lowest BCUT2D eigenvalue weighted by molar-refractivity contribution is 1.08. The van der Waals surface area contributed by atoms with Gasteiger partial charge in [0.25, 0.3) is 5.56 Å². The lowest BCUT2D eigenvalue weighted by Gasteiger charge is -1.98. The first-order chi connectivity index (χ1) is 7.27. The third-order valence-corrected chi connectivity index (χ3v) is 2.90. The van der Waals surface area contributed by atoms with Gasteiger partial charge in [-0.25, -0.2) is 0 Å². The van der Waals surface area contributed by atoms with E-state index in [0.717, 1.165) is 15.4 Å². The van der Waals surface area contributed by atoms with Crippen molar-refractivity contribution >= 4 is 37.9 Å². The Morgan fingerprint density at radius 3 is 2.80 bits per heavy atom. The van der Waals surface area contributed by atoms with E-state index in [0.29, 0.717) is 11.0 Å². The molecule has 0 saturated heterocycles. The minimum atomic E-state index is -0.251. The van der Waals surface area contributed by atoms with Crippen LogP contribution in [0.2, 0.25) is 0 Å². The molecule has 6 heteroatoms. The minimum Gasteiger partial charge on any atom is -0.295 e. The van der Waals surface area contributed by atoms with Gasteiger partial charge in [0.15, 0.2) is 5.52 Å². The van der Waals surface area contributed by atoms with Crippen molar-refractivity contribution in [2.24, 2.45) is 0 Å². The van der Waals surface area contributed by atoms with E-state index in [1.807, 2.05) is 18.2 Å². The van der Waals surface area contributed by atoms with E-state index in [4.69, 9.17) is 0 Å². The van der Waals surface area contributed by atoms with Crippen LogP contribution in [0.4, 0.5) is 0 Å². The molecule has 3 aromatic rings. The van der Waals surface area contributed by atoms with Crippen LogP contribution in [0.15, 0.2) is 27.5 Å². The maximum Gasteiger partial charge on any atom is 0.292 e. The van der Waals surface area contributed by atoms with E-state index >= 15 is 0 Å². The Labute approximate surface area is 91.6 Å². The maximum absolute atomic E-state index is 11.3. The molecule has 2 aromatic heterocycles. The zero-order chi connectivity index (χ0) is 10.4. The van der Waals surface area contributed by atoms with Gasteiger partial charge in [-0.1, -0.05) is 12.1 Å². The summed E-state index contributed by atoms with van der Waals surface area (Å²) in [5.41, 5.74) is 1.51. The predicted molar refractivity (Wildman–Crippen MR) is 59.7 cm³/mol. The molecule has 0 aliphatic heterocycles. The molecule has 0 radical (unpaired) electrons. The van der Waals surface area contributed by atoms with Crippen LogP contribution >= 0.6 is 15.9 Å². The molecule has 0 amide bonds. The summed E-state index contributed by atoms with van der Waals surface area (Å²) in [7, 11) is 0. The van der Waals surface area contributed by atoms with E-state index in [9.17, 15) is 4.79 Å². The Hall–Kier alpha value is -1.69. The molecular weight excluding hydrogens is 260 g/mol. The van der Waals surface area contributed by atoms with E-state index < -0.39 is 0 Å². The number of nitrogens with one attached hydrogen (secondary N) is 2. The number of aromatic nitrogens is 4. The molecule has 0 aliphatic carbocycles. The number of aromatic amines is 2. The SMILES string of the molecule is O=c1[nH][nH]c2c1nnc1c(Br)cccc12. The summed E-state index contributed by atoms with van der Waals surface area (Å²) < 4.78 is 0.858. The third kappa shape index (κ3) is 1.11. The van der Waals surface area contributed by atoms with Gasteiger partial charge in [-0.3, -0.25) is 15.0 Å². The van der Waals surface area contributed by atoms with Crippen molar-refractivity contribution in [2.45, 2.75) is 0 Å². The highest BCUT2D eigenvalue weighted by molar-refractivity contribution is 9.10. The first-order valence-corrected chi connectivity index (χ1v) is 5.08. The van der Waals surface area contributed by atoms with Crippen LogP contribution in [0.5, 0.6) is 0 Å². The summed E-state index contributed by atoms with van der Waals surface area (Å²) in [6.45, 7) is 0. The van der Waals surface area contributed by atoms with Crippen LogP contribution in [0, 0.1) is 0 Å². The van der Waals surface area contributed by atoms with Crippen LogP contribution < -0.4 is 5.56 Å². The monoisotopic (exact) mass is 264 g/mol. The van der Waals surface area contributed by atoms with Crippen molar-refractivity contribution in [1.82, 2.24) is 20.4 Å². The Morgan fingerprint density at radius 1 is 1.13 bits per heavy atom. The van der Waals surface area contributed by atoms with Gasteiger partial charge in [-0.2, -0.15) is 0 Å². The van der Waals surface area contributed by atoms with Gasteiger partial charge in [0, 0.05) is 9.86 Å². The highest BCUT2D eigenvalue weighted by Gasteiger charge is 2.09. The van der Waals surface area contributed by atoms with Crippen LogP contribution in [-0.2, 0) is 0 Å². The van der Waals surface area contributed by atoms with E-state index in [-0.39, 0.29) is 5.56 Å². The Kier molecular flexibility index (Phi) is 1.66. The van der Waals surface area contributed by atoms with Gasteiger partial charge in [0.05, 0.1) is 5.52 Å². The van der Waals surface area contributed by atoms with Crippen molar-refractivity contribution < 1.29 is 0 Å². The number of benzene rings is 1. The first-order valence-electron chi connectivity index (χ1n) is 4.28. The molecule has 2 heterocycles. The molecule has 15 heavy (non-hydrogen) atoms. The average molecular weight is 265 g/mol. The molecular formula is C9H5BrN4O. The molecule has 0 bridgehead atoms. The molecule has 0 unspecified atom stereocenters. The predicted octanol–water partition coefficient (Wildman–Crippen LogP) is 1.56. The molecule has 2 N–H and O–H groups in total. The second-order valence-electron chi connectivity index (χ2n) is 3.14. The molecule has 3 rings (SSSR count). The fraction of sp³-hybridized carbons (Fsp3) is 0. The second-order valence-corrected chi connectivity index (χ2v) is 3.99. The third-order valence-electron chi connectivity index (χ3n) is 2.26. The van der Waals surface area contributed by atoms with Crippen LogP contribution in [0.25, 0.3) is 21.9 Å².